The minimum Gasteiger partial charge on any atom is -0.376 e. The molecule has 1 unspecified atom stereocenters. The smallest absolute Gasteiger partial charge is 0.251 e. The van der Waals surface area contributed by atoms with E-state index in [2.05, 4.69) is 21.3 Å². The van der Waals surface area contributed by atoms with Crippen LogP contribution in [0.1, 0.15) is 40.9 Å². The Bertz CT molecular complexity index is 1390. The van der Waals surface area contributed by atoms with Crippen LogP contribution in [0.4, 0.5) is 17.1 Å². The average Bonchev–Trinajstić information content (AvgIpc) is 2.97. The van der Waals surface area contributed by atoms with Gasteiger partial charge in [0.15, 0.2) is 0 Å². The fourth-order valence-corrected chi connectivity index (χ4v) is 4.03. The average molecular weight is 521 g/mol. The maximum absolute atomic E-state index is 12.7. The molecule has 7 heteroatoms. The molecule has 39 heavy (non-hydrogen) atoms. The van der Waals surface area contributed by atoms with E-state index < -0.39 is 0 Å². The maximum Gasteiger partial charge on any atom is 0.251 e. The van der Waals surface area contributed by atoms with Gasteiger partial charge in [-0.1, -0.05) is 66.7 Å². The summed E-state index contributed by atoms with van der Waals surface area (Å²) in [6.07, 6.45) is 1.07. The fourth-order valence-electron chi connectivity index (χ4n) is 4.03. The standard InChI is InChI=1S/C32H32N4O3/c1-23(25-11-6-3-7-12-25)34-32(39)26-13-8-14-29(21-26)33-22-31(38)36-28-18-16-27(17-19-28)35-30(37)20-15-24-9-4-2-5-10-24/h2-14,16-19,21,23,33H,15,20,22H2,1H3,(H,34,39)(H,35,37)(H,36,38). The molecule has 4 N–H and O–H groups in total. The highest BCUT2D eigenvalue weighted by Crippen LogP contribution is 2.16. The molecule has 0 aliphatic carbocycles. The molecular formula is C32H32N4O3. The van der Waals surface area contributed by atoms with Crippen molar-refractivity contribution in [3.8, 4) is 0 Å². The first kappa shape index (κ1) is 27.1. The van der Waals surface area contributed by atoms with Gasteiger partial charge in [-0.15, -0.1) is 0 Å². The van der Waals surface area contributed by atoms with Crippen molar-refractivity contribution in [2.24, 2.45) is 0 Å². The lowest BCUT2D eigenvalue weighted by Gasteiger charge is -2.15. The Labute approximate surface area is 228 Å². The molecule has 0 saturated heterocycles. The van der Waals surface area contributed by atoms with Gasteiger partial charge in [0.25, 0.3) is 5.91 Å². The number of nitrogens with one attached hydrogen (secondary N) is 4. The molecule has 0 spiro atoms. The van der Waals surface area contributed by atoms with E-state index in [1.807, 2.05) is 67.6 Å². The van der Waals surface area contributed by atoms with Crippen LogP contribution in [0.3, 0.4) is 0 Å². The third-order valence-corrected chi connectivity index (χ3v) is 6.16. The number of carbonyl (C=O) groups is 3. The van der Waals surface area contributed by atoms with Gasteiger partial charge >= 0.3 is 0 Å². The Morgan fingerprint density at radius 1 is 0.667 bits per heavy atom. The summed E-state index contributed by atoms with van der Waals surface area (Å²) in [5.74, 6) is -0.487. The summed E-state index contributed by atoms with van der Waals surface area (Å²) in [7, 11) is 0. The molecule has 0 aromatic heterocycles. The van der Waals surface area contributed by atoms with Crippen molar-refractivity contribution >= 4 is 34.8 Å². The Balaban J connectivity index is 1.22. The number of hydrogen-bond donors (Lipinski definition) is 4. The van der Waals surface area contributed by atoms with Crippen molar-refractivity contribution in [1.82, 2.24) is 5.32 Å². The highest BCUT2D eigenvalue weighted by atomic mass is 16.2. The third-order valence-electron chi connectivity index (χ3n) is 6.16. The summed E-state index contributed by atoms with van der Waals surface area (Å²) in [5.41, 5.74) is 4.60. The zero-order chi connectivity index (χ0) is 27.5. The molecule has 0 heterocycles. The van der Waals surface area contributed by atoms with E-state index in [-0.39, 0.29) is 30.3 Å². The largest absolute Gasteiger partial charge is 0.376 e. The van der Waals surface area contributed by atoms with Gasteiger partial charge in [0.2, 0.25) is 11.8 Å². The first-order valence-electron chi connectivity index (χ1n) is 12.9. The topological polar surface area (TPSA) is 99.3 Å². The van der Waals surface area contributed by atoms with Crippen LogP contribution >= 0.6 is 0 Å². The molecule has 0 aliphatic heterocycles. The molecular weight excluding hydrogens is 488 g/mol. The van der Waals surface area contributed by atoms with Crippen molar-refractivity contribution in [3.63, 3.8) is 0 Å². The minimum absolute atomic E-state index is 0.0312. The van der Waals surface area contributed by atoms with Crippen LogP contribution in [0.25, 0.3) is 0 Å². The van der Waals surface area contributed by atoms with Gasteiger partial charge < -0.3 is 21.3 Å². The second kappa shape index (κ2) is 13.6. The van der Waals surface area contributed by atoms with Crippen LogP contribution in [-0.2, 0) is 16.0 Å². The van der Waals surface area contributed by atoms with E-state index in [1.54, 1.807) is 48.5 Å². The highest BCUT2D eigenvalue weighted by Gasteiger charge is 2.12. The van der Waals surface area contributed by atoms with Crippen LogP contribution in [0.15, 0.2) is 109 Å². The molecule has 4 rings (SSSR count). The van der Waals surface area contributed by atoms with Crippen molar-refractivity contribution in [3.05, 3.63) is 126 Å². The molecule has 3 amide bonds. The van der Waals surface area contributed by atoms with Crippen molar-refractivity contribution in [2.45, 2.75) is 25.8 Å². The Kier molecular flexibility index (Phi) is 9.45. The zero-order valence-electron chi connectivity index (χ0n) is 21.8. The molecule has 4 aromatic rings. The lowest BCUT2D eigenvalue weighted by atomic mass is 10.1. The molecule has 0 radical (unpaired) electrons. The van der Waals surface area contributed by atoms with Gasteiger partial charge in [0.05, 0.1) is 12.6 Å². The van der Waals surface area contributed by atoms with Crippen LogP contribution in [0.2, 0.25) is 0 Å². The van der Waals surface area contributed by atoms with Gasteiger partial charge in [-0.05, 0) is 66.9 Å². The zero-order valence-corrected chi connectivity index (χ0v) is 21.8. The predicted octanol–water partition coefficient (Wildman–Crippen LogP) is 5.80. The second-order valence-electron chi connectivity index (χ2n) is 9.20. The van der Waals surface area contributed by atoms with E-state index in [0.29, 0.717) is 35.5 Å². The quantitative estimate of drug-likeness (QED) is 0.201. The van der Waals surface area contributed by atoms with Gasteiger partial charge in [-0.2, -0.15) is 0 Å². The van der Waals surface area contributed by atoms with E-state index in [1.165, 1.54) is 0 Å². The number of carbonyl (C=O) groups excluding carboxylic acids is 3. The Morgan fingerprint density at radius 3 is 1.95 bits per heavy atom. The number of amides is 3. The normalized spacial score (nSPS) is 11.2. The van der Waals surface area contributed by atoms with Crippen LogP contribution in [0, 0.1) is 0 Å². The molecule has 0 fully saturated rings. The van der Waals surface area contributed by atoms with Gasteiger partial charge in [0, 0.05) is 29.0 Å². The van der Waals surface area contributed by atoms with E-state index in [9.17, 15) is 14.4 Å². The summed E-state index contributed by atoms with van der Waals surface area (Å²) in [4.78, 5) is 37.4. The molecule has 7 nitrogen and oxygen atoms in total. The number of anilines is 3. The molecule has 0 aliphatic rings. The summed E-state index contributed by atoms with van der Waals surface area (Å²) in [6.45, 7) is 1.97. The van der Waals surface area contributed by atoms with Gasteiger partial charge in [0.1, 0.15) is 0 Å². The Morgan fingerprint density at radius 2 is 1.28 bits per heavy atom. The first-order valence-corrected chi connectivity index (χ1v) is 12.9. The van der Waals surface area contributed by atoms with Gasteiger partial charge in [-0.3, -0.25) is 14.4 Å². The lowest BCUT2D eigenvalue weighted by Crippen LogP contribution is -2.26. The summed E-state index contributed by atoms with van der Waals surface area (Å²) in [6, 6.07) is 33.5. The Hall–Kier alpha value is -4.91. The van der Waals surface area contributed by atoms with Crippen LogP contribution in [-0.4, -0.2) is 24.3 Å². The molecule has 1 atom stereocenters. The predicted molar refractivity (Wildman–Crippen MR) is 156 cm³/mol. The van der Waals surface area contributed by atoms with E-state index in [4.69, 9.17) is 0 Å². The third kappa shape index (κ3) is 8.57. The monoisotopic (exact) mass is 520 g/mol. The fraction of sp³-hybridized carbons (Fsp3) is 0.156. The van der Waals surface area contributed by atoms with Crippen molar-refractivity contribution in [1.29, 1.82) is 0 Å². The molecule has 198 valence electrons. The summed E-state index contributed by atoms with van der Waals surface area (Å²) >= 11 is 0. The minimum atomic E-state index is -0.234. The van der Waals surface area contributed by atoms with Gasteiger partial charge in [-0.25, -0.2) is 0 Å². The first-order chi connectivity index (χ1) is 19.0. The van der Waals surface area contributed by atoms with E-state index in [0.717, 1.165) is 11.1 Å². The molecule has 0 saturated carbocycles. The lowest BCUT2D eigenvalue weighted by molar-refractivity contribution is -0.116. The van der Waals surface area contributed by atoms with Crippen molar-refractivity contribution < 1.29 is 14.4 Å². The van der Waals surface area contributed by atoms with Crippen LogP contribution < -0.4 is 21.3 Å². The number of benzene rings is 4. The van der Waals surface area contributed by atoms with Crippen molar-refractivity contribution in [2.75, 3.05) is 22.5 Å². The summed E-state index contributed by atoms with van der Waals surface area (Å²) < 4.78 is 0. The number of rotatable bonds is 11. The SMILES string of the molecule is CC(NC(=O)c1cccc(NCC(=O)Nc2ccc(NC(=O)CCc3ccccc3)cc2)c1)c1ccccc1. The number of hydrogen-bond acceptors (Lipinski definition) is 4. The van der Waals surface area contributed by atoms with E-state index >= 15 is 0 Å². The second-order valence-corrected chi connectivity index (χ2v) is 9.20. The maximum atomic E-state index is 12.7. The highest BCUT2D eigenvalue weighted by molar-refractivity contribution is 5.96. The molecule has 4 aromatic carbocycles. The number of aryl methyl sites for hydroxylation is 1. The molecule has 0 bridgehead atoms. The van der Waals surface area contributed by atoms with Crippen LogP contribution in [0.5, 0.6) is 0 Å². The summed E-state index contributed by atoms with van der Waals surface area (Å²) in [5, 5.41) is 11.8.